The van der Waals surface area contributed by atoms with Gasteiger partial charge in [0.15, 0.2) is 0 Å². The van der Waals surface area contributed by atoms with E-state index in [2.05, 4.69) is 16.2 Å². The molecule has 3 rings (SSSR count). The van der Waals surface area contributed by atoms with Crippen molar-refractivity contribution in [3.63, 3.8) is 0 Å². The van der Waals surface area contributed by atoms with Crippen LogP contribution >= 0.6 is 0 Å². The maximum absolute atomic E-state index is 14.4. The number of carbonyl (C=O) groups excluding carboxylic acids is 1. The molecule has 2 aromatic rings. The fraction of sp³-hybridized carbons (Fsp3) is 0.333. The van der Waals surface area contributed by atoms with Crippen LogP contribution in [0, 0.1) is 18.2 Å². The van der Waals surface area contributed by atoms with Gasteiger partial charge in [-0.3, -0.25) is 9.52 Å². The third kappa shape index (κ3) is 7.21. The van der Waals surface area contributed by atoms with E-state index in [1.165, 1.54) is 18.2 Å². The minimum atomic E-state index is -4.66. The van der Waals surface area contributed by atoms with Gasteiger partial charge in [0.25, 0.3) is 0 Å². The first-order valence-corrected chi connectivity index (χ1v) is 12.9. The number of sulfonamides is 1. The maximum atomic E-state index is 14.4. The van der Waals surface area contributed by atoms with Crippen LogP contribution in [-0.4, -0.2) is 49.9 Å². The van der Waals surface area contributed by atoms with Crippen molar-refractivity contribution in [2.75, 3.05) is 29.0 Å². The average Bonchev–Trinajstić information content (AvgIpc) is 3.30. The topological polar surface area (TPSA) is 112 Å². The zero-order valence-corrected chi connectivity index (χ0v) is 20.5. The van der Waals surface area contributed by atoms with E-state index < -0.39 is 39.7 Å². The van der Waals surface area contributed by atoms with E-state index in [0.717, 1.165) is 24.5 Å². The third-order valence-corrected chi connectivity index (χ3v) is 6.10. The van der Waals surface area contributed by atoms with E-state index in [4.69, 9.17) is 6.42 Å². The highest BCUT2D eigenvalue weighted by atomic mass is 32.2. The monoisotopic (exact) mass is 540 g/mol. The SMILES string of the molecule is C#Cc1cc(CNC(=O)/C=C/c2ccc(C(F)(F)F)nc2N2CCCC2CO)cc(F)c1NS(C)(=O)=O. The Labute approximate surface area is 211 Å². The van der Waals surface area contributed by atoms with Crippen molar-refractivity contribution < 1.29 is 35.9 Å². The van der Waals surface area contributed by atoms with Gasteiger partial charge in [-0.2, -0.15) is 13.2 Å². The standard InChI is InChI=1S/C24H24F4N4O4S/c1-3-16-11-15(12-19(25)22(16)31-37(2,35)36)13-29-21(34)9-7-17-6-8-20(24(26,27)28)30-23(17)32-10-4-5-18(32)14-33/h1,6-9,11-12,18,31,33H,4-5,10,13-14H2,2H3,(H,29,34)/b9-7+. The van der Waals surface area contributed by atoms with Gasteiger partial charge in [0.05, 0.1) is 30.2 Å². The van der Waals surface area contributed by atoms with E-state index >= 15 is 0 Å². The number of aromatic nitrogens is 1. The molecule has 0 radical (unpaired) electrons. The number of terminal acetylenes is 1. The van der Waals surface area contributed by atoms with E-state index in [1.54, 1.807) is 4.90 Å². The molecule has 1 saturated heterocycles. The first-order valence-electron chi connectivity index (χ1n) is 11.0. The van der Waals surface area contributed by atoms with Crippen molar-refractivity contribution in [1.29, 1.82) is 0 Å². The van der Waals surface area contributed by atoms with Crippen molar-refractivity contribution in [3.8, 4) is 12.3 Å². The normalized spacial score (nSPS) is 16.1. The summed E-state index contributed by atoms with van der Waals surface area (Å²) < 4.78 is 79.0. The molecule has 1 atom stereocenters. The molecule has 1 aromatic heterocycles. The van der Waals surface area contributed by atoms with Crippen LogP contribution in [-0.2, 0) is 27.5 Å². The summed E-state index contributed by atoms with van der Waals surface area (Å²) in [5, 5.41) is 12.1. The summed E-state index contributed by atoms with van der Waals surface area (Å²) in [5.41, 5.74) is -1.03. The number of nitrogens with zero attached hydrogens (tertiary/aromatic N) is 2. The largest absolute Gasteiger partial charge is 0.433 e. The minimum Gasteiger partial charge on any atom is -0.394 e. The summed E-state index contributed by atoms with van der Waals surface area (Å²) in [6.45, 7) is -0.0130. The van der Waals surface area contributed by atoms with Gasteiger partial charge in [0.1, 0.15) is 17.3 Å². The lowest BCUT2D eigenvalue weighted by Gasteiger charge is -2.26. The molecule has 37 heavy (non-hydrogen) atoms. The van der Waals surface area contributed by atoms with Crippen LogP contribution in [0.25, 0.3) is 6.08 Å². The second-order valence-electron chi connectivity index (χ2n) is 8.35. The zero-order chi connectivity index (χ0) is 27.4. The van der Waals surface area contributed by atoms with Crippen LogP contribution in [0.4, 0.5) is 29.1 Å². The molecule has 0 aliphatic carbocycles. The van der Waals surface area contributed by atoms with E-state index in [1.807, 2.05) is 4.72 Å². The molecular formula is C24H24F4N4O4S. The van der Waals surface area contributed by atoms with Gasteiger partial charge >= 0.3 is 6.18 Å². The number of carbonyl (C=O) groups is 1. The summed E-state index contributed by atoms with van der Waals surface area (Å²) in [6.07, 6.45) is 5.19. The summed E-state index contributed by atoms with van der Waals surface area (Å²) in [6, 6.07) is 3.96. The van der Waals surface area contributed by atoms with E-state index in [0.29, 0.717) is 19.4 Å². The molecule has 13 heteroatoms. The number of hydrogen-bond acceptors (Lipinski definition) is 6. The smallest absolute Gasteiger partial charge is 0.394 e. The number of amides is 1. The van der Waals surface area contributed by atoms with Crippen LogP contribution in [0.1, 0.15) is 35.2 Å². The van der Waals surface area contributed by atoms with Gasteiger partial charge in [-0.25, -0.2) is 17.8 Å². The average molecular weight is 541 g/mol. The Hall–Kier alpha value is -3.63. The van der Waals surface area contributed by atoms with Crippen LogP contribution in [0.15, 0.2) is 30.3 Å². The van der Waals surface area contributed by atoms with Gasteiger partial charge in [-0.1, -0.05) is 5.92 Å². The number of nitrogens with one attached hydrogen (secondary N) is 2. The fourth-order valence-corrected chi connectivity index (χ4v) is 4.44. The number of aliphatic hydroxyl groups excluding tert-OH is 1. The molecule has 8 nitrogen and oxygen atoms in total. The van der Waals surface area contributed by atoms with Gasteiger partial charge in [0.2, 0.25) is 15.9 Å². The molecule has 3 N–H and O–H groups in total. The summed E-state index contributed by atoms with van der Waals surface area (Å²) in [4.78, 5) is 17.7. The minimum absolute atomic E-state index is 0.00474. The molecule has 1 fully saturated rings. The highest BCUT2D eigenvalue weighted by Crippen LogP contribution is 2.33. The Bertz CT molecular complexity index is 1350. The van der Waals surface area contributed by atoms with Gasteiger partial charge in [0, 0.05) is 24.7 Å². The van der Waals surface area contributed by atoms with E-state index in [-0.39, 0.29) is 41.3 Å². The number of benzene rings is 1. The molecule has 1 aliphatic heterocycles. The van der Waals surface area contributed by atoms with Gasteiger partial charge < -0.3 is 15.3 Å². The first-order chi connectivity index (χ1) is 17.3. The third-order valence-electron chi connectivity index (χ3n) is 5.53. The second-order valence-corrected chi connectivity index (χ2v) is 10.1. The first kappa shape index (κ1) is 27.9. The Morgan fingerprint density at radius 1 is 1.35 bits per heavy atom. The number of hydrogen-bond donors (Lipinski definition) is 3. The molecule has 2 heterocycles. The predicted molar refractivity (Wildman–Crippen MR) is 130 cm³/mol. The molecule has 0 bridgehead atoms. The number of alkyl halides is 3. The number of rotatable bonds is 8. The Morgan fingerprint density at radius 3 is 2.70 bits per heavy atom. The van der Waals surface area contributed by atoms with Crippen LogP contribution in [0.5, 0.6) is 0 Å². The summed E-state index contributed by atoms with van der Waals surface area (Å²) in [7, 11) is -3.78. The molecule has 1 aromatic carbocycles. The highest BCUT2D eigenvalue weighted by Gasteiger charge is 2.35. The second kappa shape index (κ2) is 11.2. The number of aliphatic hydroxyl groups is 1. The fourth-order valence-electron chi connectivity index (χ4n) is 3.86. The molecule has 1 amide bonds. The summed E-state index contributed by atoms with van der Waals surface area (Å²) >= 11 is 0. The molecule has 0 saturated carbocycles. The molecule has 1 aliphatic rings. The van der Waals surface area contributed by atoms with Crippen molar-refractivity contribution in [2.45, 2.75) is 31.6 Å². The number of anilines is 2. The molecule has 198 valence electrons. The highest BCUT2D eigenvalue weighted by molar-refractivity contribution is 7.92. The van der Waals surface area contributed by atoms with Crippen LogP contribution in [0.2, 0.25) is 0 Å². The van der Waals surface area contributed by atoms with Crippen LogP contribution < -0.4 is 14.9 Å². The Kier molecular flexibility index (Phi) is 8.45. The quantitative estimate of drug-likeness (QED) is 0.270. The lowest BCUT2D eigenvalue weighted by atomic mass is 10.1. The predicted octanol–water partition coefficient (Wildman–Crippen LogP) is 2.88. The van der Waals surface area contributed by atoms with Crippen LogP contribution in [0.3, 0.4) is 0 Å². The van der Waals surface area contributed by atoms with Gasteiger partial charge in [-0.05, 0) is 48.7 Å². The zero-order valence-electron chi connectivity index (χ0n) is 19.6. The Morgan fingerprint density at radius 2 is 2.08 bits per heavy atom. The van der Waals surface area contributed by atoms with E-state index in [9.17, 15) is 35.9 Å². The number of halogens is 4. The van der Waals surface area contributed by atoms with Crippen molar-refractivity contribution >= 4 is 33.5 Å². The number of pyridine rings is 1. The molecule has 1 unspecified atom stereocenters. The van der Waals surface area contributed by atoms with Crippen molar-refractivity contribution in [3.05, 3.63) is 58.5 Å². The van der Waals surface area contributed by atoms with Crippen molar-refractivity contribution in [2.24, 2.45) is 0 Å². The van der Waals surface area contributed by atoms with Gasteiger partial charge in [-0.15, -0.1) is 6.42 Å². The lowest BCUT2D eigenvalue weighted by Crippen LogP contribution is -2.33. The summed E-state index contributed by atoms with van der Waals surface area (Å²) in [5.74, 6) is 0.633. The maximum Gasteiger partial charge on any atom is 0.433 e. The van der Waals surface area contributed by atoms with Crippen molar-refractivity contribution in [1.82, 2.24) is 10.3 Å². The lowest BCUT2D eigenvalue weighted by molar-refractivity contribution is -0.141. The molecular weight excluding hydrogens is 516 g/mol. The molecule has 0 spiro atoms. The Balaban J connectivity index is 1.79.